The van der Waals surface area contributed by atoms with Gasteiger partial charge in [0.1, 0.15) is 12.2 Å². The predicted octanol–water partition coefficient (Wildman–Crippen LogP) is -2.16. The van der Waals surface area contributed by atoms with Crippen LogP contribution in [-0.2, 0) is 4.79 Å². The monoisotopic (exact) mass is 230 g/mol. The van der Waals surface area contributed by atoms with Crippen LogP contribution in [0.1, 0.15) is 20.8 Å². The number of carbonyl (C=O) groups is 3. The molecule has 0 aromatic heterocycles. The van der Waals surface area contributed by atoms with Crippen molar-refractivity contribution in [3.63, 3.8) is 0 Å². The molecule has 2 N–H and O–H groups in total. The third-order valence-corrected chi connectivity index (χ3v) is 1.86. The number of carbonyl (C=O) groups excluding carboxylic acids is 3. The molecule has 0 bridgehead atoms. The van der Waals surface area contributed by atoms with E-state index in [2.05, 4.69) is 0 Å². The number of carboxylic acid groups (broad SMARTS) is 2. The second kappa shape index (κ2) is 5.34. The maximum Gasteiger partial charge on any atom is 0.174 e. The molecular formula is C9H14N2O5-2. The molecule has 0 saturated heterocycles. The summed E-state index contributed by atoms with van der Waals surface area (Å²) in [6.45, 7) is 4.42. The van der Waals surface area contributed by atoms with Gasteiger partial charge in [-0.25, -0.2) is 0 Å². The standard InChI is InChI=1S/C9H16N2O5/c1-9(2,3)6(11-8(15)16)5(12)4-10-7(13)14/h6,10-11H,4H2,1-3H3,(H,13,14)(H,15,16)/p-2. The number of ketones is 1. The molecule has 7 nitrogen and oxygen atoms in total. The van der Waals surface area contributed by atoms with E-state index in [9.17, 15) is 24.6 Å². The van der Waals surface area contributed by atoms with Gasteiger partial charge in [0.15, 0.2) is 5.78 Å². The van der Waals surface area contributed by atoms with E-state index in [1.807, 2.05) is 5.32 Å². The topological polar surface area (TPSA) is 121 Å². The molecule has 0 saturated carbocycles. The second-order valence-corrected chi connectivity index (χ2v) is 4.34. The fourth-order valence-corrected chi connectivity index (χ4v) is 1.16. The summed E-state index contributed by atoms with van der Waals surface area (Å²) in [4.78, 5) is 32.0. The average molecular weight is 230 g/mol. The maximum absolute atomic E-state index is 11.5. The zero-order valence-electron chi connectivity index (χ0n) is 9.33. The molecule has 2 amide bonds. The minimum absolute atomic E-state index is 0.509. The van der Waals surface area contributed by atoms with Gasteiger partial charge in [-0.05, 0) is 5.41 Å². The Labute approximate surface area is 92.8 Å². The molecule has 16 heavy (non-hydrogen) atoms. The summed E-state index contributed by atoms with van der Waals surface area (Å²) >= 11 is 0. The molecule has 0 aliphatic carbocycles. The van der Waals surface area contributed by atoms with Gasteiger partial charge in [0, 0.05) is 0 Å². The normalized spacial score (nSPS) is 12.7. The fourth-order valence-electron chi connectivity index (χ4n) is 1.16. The van der Waals surface area contributed by atoms with Gasteiger partial charge in [0.05, 0.1) is 12.6 Å². The first kappa shape index (κ1) is 14.2. The highest BCUT2D eigenvalue weighted by molar-refractivity contribution is 5.90. The molecule has 0 aromatic carbocycles. The first-order chi connectivity index (χ1) is 7.14. The Morgan fingerprint density at radius 2 is 1.62 bits per heavy atom. The first-order valence-electron chi connectivity index (χ1n) is 4.59. The van der Waals surface area contributed by atoms with Gasteiger partial charge in [-0.1, -0.05) is 20.8 Å². The summed E-state index contributed by atoms with van der Waals surface area (Å²) in [7, 11) is 0. The van der Waals surface area contributed by atoms with Gasteiger partial charge < -0.3 is 30.4 Å². The third-order valence-electron chi connectivity index (χ3n) is 1.86. The molecule has 0 fully saturated rings. The predicted molar refractivity (Wildman–Crippen MR) is 50.2 cm³/mol. The van der Waals surface area contributed by atoms with Crippen molar-refractivity contribution in [2.75, 3.05) is 6.54 Å². The average Bonchev–Trinajstić information content (AvgIpc) is 2.08. The molecule has 0 spiro atoms. The molecule has 0 aliphatic rings. The number of hydrogen-bond acceptors (Lipinski definition) is 5. The zero-order valence-corrected chi connectivity index (χ0v) is 9.33. The lowest BCUT2D eigenvalue weighted by molar-refractivity contribution is -0.252. The lowest BCUT2D eigenvalue weighted by atomic mass is 9.84. The van der Waals surface area contributed by atoms with E-state index >= 15 is 0 Å². The largest absolute Gasteiger partial charge is 0.530 e. The van der Waals surface area contributed by atoms with Crippen molar-refractivity contribution in [2.24, 2.45) is 5.41 Å². The van der Waals surface area contributed by atoms with Crippen LogP contribution in [0, 0.1) is 5.41 Å². The van der Waals surface area contributed by atoms with Crippen LogP contribution in [0.3, 0.4) is 0 Å². The van der Waals surface area contributed by atoms with Crippen molar-refractivity contribution in [1.82, 2.24) is 10.6 Å². The highest BCUT2D eigenvalue weighted by Gasteiger charge is 2.30. The number of Topliss-reactive ketones (excluding diaryl/α,β-unsaturated/α-hetero) is 1. The van der Waals surface area contributed by atoms with E-state index in [0.717, 1.165) is 0 Å². The van der Waals surface area contributed by atoms with Crippen molar-refractivity contribution in [3.8, 4) is 0 Å². The summed E-state index contributed by atoms with van der Waals surface area (Å²) in [5.74, 6) is -0.596. The van der Waals surface area contributed by atoms with Crippen LogP contribution in [-0.4, -0.2) is 30.6 Å². The van der Waals surface area contributed by atoms with Gasteiger partial charge in [-0.3, -0.25) is 4.79 Å². The van der Waals surface area contributed by atoms with Crippen molar-refractivity contribution >= 4 is 18.0 Å². The summed E-state index contributed by atoms with van der Waals surface area (Å²) in [5, 5.41) is 24.2. The SMILES string of the molecule is CC(C)(C)C(NC(=O)[O-])C(=O)CNC(=O)[O-]. The zero-order chi connectivity index (χ0) is 12.9. The van der Waals surface area contributed by atoms with Crippen molar-refractivity contribution in [2.45, 2.75) is 26.8 Å². The van der Waals surface area contributed by atoms with Crippen LogP contribution in [0.5, 0.6) is 0 Å². The van der Waals surface area contributed by atoms with Crippen molar-refractivity contribution in [1.29, 1.82) is 0 Å². The fraction of sp³-hybridized carbons (Fsp3) is 0.667. The number of nitrogens with one attached hydrogen (secondary N) is 2. The van der Waals surface area contributed by atoms with Crippen molar-refractivity contribution < 1.29 is 24.6 Å². The van der Waals surface area contributed by atoms with Gasteiger partial charge >= 0.3 is 0 Å². The summed E-state index contributed by atoms with van der Waals surface area (Å²) in [6, 6.07) is -1.04. The van der Waals surface area contributed by atoms with E-state index in [4.69, 9.17) is 0 Å². The number of rotatable bonds is 4. The Hall–Kier alpha value is -1.79. The van der Waals surface area contributed by atoms with Crippen molar-refractivity contribution in [3.05, 3.63) is 0 Å². The Morgan fingerprint density at radius 3 is 1.94 bits per heavy atom. The molecule has 0 aliphatic heterocycles. The molecule has 0 rings (SSSR count). The molecule has 1 atom stereocenters. The van der Waals surface area contributed by atoms with Crippen LogP contribution in [0.4, 0.5) is 9.59 Å². The summed E-state index contributed by atoms with van der Waals surface area (Å²) in [6.07, 6.45) is -3.17. The number of amides is 2. The summed E-state index contributed by atoms with van der Waals surface area (Å²) < 4.78 is 0. The molecule has 0 radical (unpaired) electrons. The Kier molecular flexibility index (Phi) is 4.74. The van der Waals surface area contributed by atoms with Gasteiger partial charge in [-0.2, -0.15) is 0 Å². The van der Waals surface area contributed by atoms with Gasteiger partial charge in [0.25, 0.3) is 0 Å². The van der Waals surface area contributed by atoms with Gasteiger partial charge in [0.2, 0.25) is 0 Å². The quantitative estimate of drug-likeness (QED) is 0.569. The summed E-state index contributed by atoms with van der Waals surface area (Å²) in [5.41, 5.74) is -0.676. The van der Waals surface area contributed by atoms with Crippen LogP contribution in [0.25, 0.3) is 0 Å². The molecule has 0 aromatic rings. The second-order valence-electron chi connectivity index (χ2n) is 4.34. The van der Waals surface area contributed by atoms with E-state index in [-0.39, 0.29) is 0 Å². The van der Waals surface area contributed by atoms with E-state index in [1.54, 1.807) is 26.1 Å². The maximum atomic E-state index is 11.5. The Bertz CT molecular complexity index is 295. The van der Waals surface area contributed by atoms with E-state index in [0.29, 0.717) is 0 Å². The lowest BCUT2D eigenvalue weighted by Crippen LogP contribution is -2.55. The molecular weight excluding hydrogens is 216 g/mol. The Morgan fingerprint density at radius 1 is 1.12 bits per heavy atom. The van der Waals surface area contributed by atoms with Crippen LogP contribution < -0.4 is 20.8 Å². The smallest absolute Gasteiger partial charge is 0.174 e. The Balaban J connectivity index is 4.57. The molecule has 0 heterocycles. The van der Waals surface area contributed by atoms with E-state index in [1.165, 1.54) is 0 Å². The van der Waals surface area contributed by atoms with Crippen LogP contribution in [0.15, 0.2) is 0 Å². The third kappa shape index (κ3) is 5.18. The highest BCUT2D eigenvalue weighted by Crippen LogP contribution is 2.19. The van der Waals surface area contributed by atoms with Crippen LogP contribution >= 0.6 is 0 Å². The first-order valence-corrected chi connectivity index (χ1v) is 4.59. The van der Waals surface area contributed by atoms with Crippen LogP contribution in [0.2, 0.25) is 0 Å². The highest BCUT2D eigenvalue weighted by atomic mass is 16.4. The lowest BCUT2D eigenvalue weighted by Gasteiger charge is -2.31. The number of hydrogen-bond donors (Lipinski definition) is 2. The minimum Gasteiger partial charge on any atom is -0.530 e. The molecule has 1 unspecified atom stereocenters. The molecule has 92 valence electrons. The van der Waals surface area contributed by atoms with E-state index < -0.39 is 36.0 Å². The van der Waals surface area contributed by atoms with Gasteiger partial charge in [-0.15, -0.1) is 0 Å². The molecule has 7 heteroatoms. The minimum atomic E-state index is -1.59.